The van der Waals surface area contributed by atoms with Gasteiger partial charge >= 0.3 is 0 Å². The van der Waals surface area contributed by atoms with E-state index in [1.165, 1.54) is 0 Å². The molecule has 20 heavy (non-hydrogen) atoms. The summed E-state index contributed by atoms with van der Waals surface area (Å²) in [7, 11) is 0. The van der Waals surface area contributed by atoms with Gasteiger partial charge in [0.05, 0.1) is 5.56 Å². The second kappa shape index (κ2) is 5.49. The third-order valence-corrected chi connectivity index (χ3v) is 3.76. The first-order valence-electron chi connectivity index (χ1n) is 6.86. The fraction of sp³-hybridized carbons (Fsp3) is 0.375. The smallest absolute Gasteiger partial charge is 0.253 e. The molecule has 106 valence electrons. The third kappa shape index (κ3) is 2.90. The number of nitrogens with one attached hydrogen (secondary N) is 1. The SMILES string of the molecule is CCC(C)(C)CNC(=O)c1cnc(N)c2ccccc12. The molecule has 0 atom stereocenters. The average molecular weight is 271 g/mol. The van der Waals surface area contributed by atoms with E-state index in [0.717, 1.165) is 17.2 Å². The van der Waals surface area contributed by atoms with Crippen molar-refractivity contribution in [2.75, 3.05) is 12.3 Å². The molecule has 0 radical (unpaired) electrons. The minimum atomic E-state index is -0.102. The van der Waals surface area contributed by atoms with E-state index < -0.39 is 0 Å². The number of nitrogen functional groups attached to an aromatic ring is 1. The van der Waals surface area contributed by atoms with Crippen molar-refractivity contribution >= 4 is 22.5 Å². The number of hydrogen-bond donors (Lipinski definition) is 2. The number of aromatic nitrogens is 1. The second-order valence-corrected chi connectivity index (χ2v) is 5.80. The number of hydrogen-bond acceptors (Lipinski definition) is 3. The highest BCUT2D eigenvalue weighted by Gasteiger charge is 2.18. The molecule has 4 nitrogen and oxygen atoms in total. The molecule has 0 aliphatic carbocycles. The van der Waals surface area contributed by atoms with Crippen LogP contribution in [-0.2, 0) is 0 Å². The van der Waals surface area contributed by atoms with Gasteiger partial charge in [0.25, 0.3) is 5.91 Å². The van der Waals surface area contributed by atoms with Gasteiger partial charge in [0, 0.05) is 18.1 Å². The van der Waals surface area contributed by atoms with Crippen LogP contribution in [0.5, 0.6) is 0 Å². The lowest BCUT2D eigenvalue weighted by molar-refractivity contribution is 0.0937. The third-order valence-electron chi connectivity index (χ3n) is 3.76. The van der Waals surface area contributed by atoms with Crippen LogP contribution in [0.2, 0.25) is 0 Å². The number of fused-ring (bicyclic) bond motifs is 1. The molecule has 0 bridgehead atoms. The van der Waals surface area contributed by atoms with Gasteiger partial charge in [-0.1, -0.05) is 45.0 Å². The number of benzene rings is 1. The summed E-state index contributed by atoms with van der Waals surface area (Å²) in [6.45, 7) is 7.02. The van der Waals surface area contributed by atoms with E-state index in [1.54, 1.807) is 6.20 Å². The minimum absolute atomic E-state index is 0.0900. The minimum Gasteiger partial charge on any atom is -0.383 e. The van der Waals surface area contributed by atoms with E-state index in [-0.39, 0.29) is 11.3 Å². The Morgan fingerprint density at radius 3 is 2.60 bits per heavy atom. The summed E-state index contributed by atoms with van der Waals surface area (Å²) in [5.41, 5.74) is 6.51. The first kappa shape index (κ1) is 14.3. The van der Waals surface area contributed by atoms with E-state index >= 15 is 0 Å². The standard InChI is InChI=1S/C16H21N3O/c1-4-16(2,3)10-19-15(20)13-9-18-14(17)12-8-6-5-7-11(12)13/h5-9H,4,10H2,1-3H3,(H2,17,18)(H,19,20). The van der Waals surface area contributed by atoms with Gasteiger partial charge in [-0.15, -0.1) is 0 Å². The zero-order valence-corrected chi connectivity index (χ0v) is 12.2. The molecule has 1 aromatic heterocycles. The highest BCUT2D eigenvalue weighted by Crippen LogP contribution is 2.23. The van der Waals surface area contributed by atoms with Crippen molar-refractivity contribution in [2.45, 2.75) is 27.2 Å². The summed E-state index contributed by atoms with van der Waals surface area (Å²) >= 11 is 0. The fourth-order valence-electron chi connectivity index (χ4n) is 1.94. The number of carbonyl (C=O) groups is 1. The maximum absolute atomic E-state index is 12.3. The normalized spacial score (nSPS) is 11.6. The number of rotatable bonds is 4. The predicted octanol–water partition coefficient (Wildman–Crippen LogP) is 2.98. The van der Waals surface area contributed by atoms with Crippen LogP contribution in [-0.4, -0.2) is 17.4 Å². The first-order valence-corrected chi connectivity index (χ1v) is 6.86. The largest absolute Gasteiger partial charge is 0.383 e. The van der Waals surface area contributed by atoms with Crippen LogP contribution in [0.15, 0.2) is 30.5 Å². The molecule has 0 saturated heterocycles. The van der Waals surface area contributed by atoms with Crippen molar-refractivity contribution in [3.8, 4) is 0 Å². The molecule has 2 aromatic rings. The van der Waals surface area contributed by atoms with Gasteiger partial charge in [-0.05, 0) is 17.2 Å². The topological polar surface area (TPSA) is 68.0 Å². The van der Waals surface area contributed by atoms with Crippen molar-refractivity contribution in [1.82, 2.24) is 10.3 Å². The van der Waals surface area contributed by atoms with E-state index in [1.807, 2.05) is 24.3 Å². The Morgan fingerprint density at radius 2 is 1.95 bits per heavy atom. The van der Waals surface area contributed by atoms with Crippen LogP contribution < -0.4 is 11.1 Å². The van der Waals surface area contributed by atoms with Gasteiger partial charge in [0.1, 0.15) is 5.82 Å². The van der Waals surface area contributed by atoms with Crippen molar-refractivity contribution in [3.63, 3.8) is 0 Å². The van der Waals surface area contributed by atoms with Gasteiger partial charge < -0.3 is 11.1 Å². The zero-order valence-electron chi connectivity index (χ0n) is 12.2. The summed E-state index contributed by atoms with van der Waals surface area (Å²) in [6, 6.07) is 7.56. The molecule has 1 heterocycles. The van der Waals surface area contributed by atoms with Crippen molar-refractivity contribution in [1.29, 1.82) is 0 Å². The lowest BCUT2D eigenvalue weighted by atomic mass is 9.90. The molecular formula is C16H21N3O. The van der Waals surface area contributed by atoms with Crippen LogP contribution >= 0.6 is 0 Å². The molecule has 3 N–H and O–H groups in total. The maximum Gasteiger partial charge on any atom is 0.253 e. The summed E-state index contributed by atoms with van der Waals surface area (Å²) < 4.78 is 0. The number of pyridine rings is 1. The molecule has 0 saturated carbocycles. The Kier molecular flexibility index (Phi) is 3.93. The predicted molar refractivity (Wildman–Crippen MR) is 82.6 cm³/mol. The Morgan fingerprint density at radius 1 is 1.30 bits per heavy atom. The molecule has 0 aliphatic heterocycles. The summed E-state index contributed by atoms with van der Waals surface area (Å²) in [4.78, 5) is 16.5. The van der Waals surface area contributed by atoms with Gasteiger partial charge in [-0.3, -0.25) is 4.79 Å². The average Bonchev–Trinajstić information content (AvgIpc) is 2.46. The quantitative estimate of drug-likeness (QED) is 0.898. The second-order valence-electron chi connectivity index (χ2n) is 5.80. The van der Waals surface area contributed by atoms with E-state index in [0.29, 0.717) is 17.9 Å². The van der Waals surface area contributed by atoms with Crippen LogP contribution in [0.4, 0.5) is 5.82 Å². The van der Waals surface area contributed by atoms with Crippen molar-refractivity contribution in [2.24, 2.45) is 5.41 Å². The number of nitrogens with zero attached hydrogens (tertiary/aromatic N) is 1. The Labute approximate surface area is 119 Å². The van der Waals surface area contributed by atoms with Crippen LogP contribution in [0, 0.1) is 5.41 Å². The van der Waals surface area contributed by atoms with E-state index in [9.17, 15) is 4.79 Å². The summed E-state index contributed by atoms with van der Waals surface area (Å²) in [6.07, 6.45) is 2.56. The lowest BCUT2D eigenvalue weighted by Crippen LogP contribution is -2.33. The van der Waals surface area contributed by atoms with Crippen LogP contribution in [0.25, 0.3) is 10.8 Å². The molecule has 0 unspecified atom stereocenters. The Balaban J connectivity index is 2.29. The molecular weight excluding hydrogens is 250 g/mol. The molecule has 0 spiro atoms. The number of amides is 1. The fourth-order valence-corrected chi connectivity index (χ4v) is 1.94. The summed E-state index contributed by atoms with van der Waals surface area (Å²) in [5, 5.41) is 4.64. The van der Waals surface area contributed by atoms with Gasteiger partial charge in [0.15, 0.2) is 0 Å². The van der Waals surface area contributed by atoms with Crippen LogP contribution in [0.1, 0.15) is 37.6 Å². The molecule has 0 aliphatic rings. The van der Waals surface area contributed by atoms with Crippen molar-refractivity contribution < 1.29 is 4.79 Å². The molecule has 2 rings (SSSR count). The first-order chi connectivity index (χ1) is 9.44. The highest BCUT2D eigenvalue weighted by atomic mass is 16.1. The highest BCUT2D eigenvalue weighted by molar-refractivity contribution is 6.08. The molecule has 1 amide bonds. The number of carbonyl (C=O) groups excluding carboxylic acids is 1. The van der Waals surface area contributed by atoms with E-state index in [2.05, 4.69) is 31.1 Å². The van der Waals surface area contributed by atoms with Gasteiger partial charge in [-0.25, -0.2) is 4.98 Å². The van der Waals surface area contributed by atoms with Gasteiger partial charge in [-0.2, -0.15) is 0 Å². The maximum atomic E-state index is 12.3. The summed E-state index contributed by atoms with van der Waals surface area (Å²) in [5.74, 6) is 0.348. The molecule has 1 aromatic carbocycles. The van der Waals surface area contributed by atoms with Crippen molar-refractivity contribution in [3.05, 3.63) is 36.0 Å². The number of nitrogens with two attached hydrogens (primary N) is 1. The Bertz CT molecular complexity index is 635. The molecule has 4 heteroatoms. The van der Waals surface area contributed by atoms with Crippen LogP contribution in [0.3, 0.4) is 0 Å². The lowest BCUT2D eigenvalue weighted by Gasteiger charge is -2.23. The molecule has 0 fully saturated rings. The van der Waals surface area contributed by atoms with E-state index in [4.69, 9.17) is 5.73 Å². The number of anilines is 1. The Hall–Kier alpha value is -2.10. The zero-order chi connectivity index (χ0) is 14.8. The monoisotopic (exact) mass is 271 g/mol. The van der Waals surface area contributed by atoms with Gasteiger partial charge in [0.2, 0.25) is 0 Å².